The van der Waals surface area contributed by atoms with Gasteiger partial charge in [0.1, 0.15) is 17.4 Å². The Hall–Kier alpha value is -1.91. The number of hydrogen-bond acceptors (Lipinski definition) is 2. The molecule has 1 aliphatic carbocycles. The highest BCUT2D eigenvalue weighted by molar-refractivity contribution is 5.99. The SMILES string of the molecule is CC1NC(=O)C(C)(C2CC2)N(Cc2ccccc2F)C1=O. The van der Waals surface area contributed by atoms with Crippen LogP contribution in [-0.2, 0) is 16.1 Å². The molecule has 0 bridgehead atoms. The third-order valence-electron chi connectivity index (χ3n) is 4.66. The Balaban J connectivity index is 1.97. The molecule has 1 aliphatic heterocycles. The Kier molecular flexibility index (Phi) is 3.23. The van der Waals surface area contributed by atoms with Crippen LogP contribution in [0.1, 0.15) is 32.3 Å². The molecule has 112 valence electrons. The molecule has 1 saturated carbocycles. The van der Waals surface area contributed by atoms with E-state index in [2.05, 4.69) is 5.32 Å². The summed E-state index contributed by atoms with van der Waals surface area (Å²) in [5.74, 6) is -0.455. The summed E-state index contributed by atoms with van der Waals surface area (Å²) in [6.07, 6.45) is 1.86. The van der Waals surface area contributed by atoms with Crippen LogP contribution in [-0.4, -0.2) is 28.3 Å². The molecule has 21 heavy (non-hydrogen) atoms. The fourth-order valence-electron chi connectivity index (χ4n) is 3.08. The third kappa shape index (κ3) is 2.20. The zero-order valence-electron chi connectivity index (χ0n) is 12.2. The van der Waals surface area contributed by atoms with Gasteiger partial charge in [-0.05, 0) is 38.7 Å². The second kappa shape index (κ2) is 4.83. The van der Waals surface area contributed by atoms with E-state index in [0.717, 1.165) is 12.8 Å². The summed E-state index contributed by atoms with van der Waals surface area (Å²) in [5, 5.41) is 2.75. The molecule has 2 amide bonds. The number of nitrogens with one attached hydrogen (secondary N) is 1. The number of benzene rings is 1. The molecule has 1 aromatic rings. The van der Waals surface area contributed by atoms with Gasteiger partial charge in [0.2, 0.25) is 11.8 Å². The smallest absolute Gasteiger partial charge is 0.246 e. The Morgan fingerprint density at radius 2 is 2.00 bits per heavy atom. The van der Waals surface area contributed by atoms with Gasteiger partial charge in [0, 0.05) is 12.1 Å². The van der Waals surface area contributed by atoms with Gasteiger partial charge in [-0.25, -0.2) is 4.39 Å². The van der Waals surface area contributed by atoms with E-state index in [9.17, 15) is 14.0 Å². The van der Waals surface area contributed by atoms with Gasteiger partial charge in [0.15, 0.2) is 0 Å². The van der Waals surface area contributed by atoms with E-state index in [1.165, 1.54) is 6.07 Å². The minimum absolute atomic E-state index is 0.131. The second-order valence-electron chi connectivity index (χ2n) is 6.13. The van der Waals surface area contributed by atoms with Crippen LogP contribution in [0.25, 0.3) is 0 Å². The minimum Gasteiger partial charge on any atom is -0.343 e. The number of nitrogens with zero attached hydrogens (tertiary/aromatic N) is 1. The summed E-state index contributed by atoms with van der Waals surface area (Å²) in [4.78, 5) is 26.5. The maximum absolute atomic E-state index is 13.9. The van der Waals surface area contributed by atoms with E-state index >= 15 is 0 Å². The van der Waals surface area contributed by atoms with Crippen molar-refractivity contribution in [2.75, 3.05) is 0 Å². The topological polar surface area (TPSA) is 49.4 Å². The predicted octanol–water partition coefficient (Wildman–Crippen LogP) is 1.84. The highest BCUT2D eigenvalue weighted by Gasteiger charge is 2.56. The van der Waals surface area contributed by atoms with Gasteiger partial charge in [0.05, 0.1) is 0 Å². The first-order chi connectivity index (χ1) is 9.94. The average molecular weight is 290 g/mol. The summed E-state index contributed by atoms with van der Waals surface area (Å²) in [5.41, 5.74) is -0.425. The first kappa shape index (κ1) is 14.0. The Morgan fingerprint density at radius 3 is 2.62 bits per heavy atom. The van der Waals surface area contributed by atoms with Crippen molar-refractivity contribution in [3.05, 3.63) is 35.6 Å². The van der Waals surface area contributed by atoms with Gasteiger partial charge >= 0.3 is 0 Å². The molecule has 0 spiro atoms. The number of amides is 2. The summed E-state index contributed by atoms with van der Waals surface area (Å²) in [6.45, 7) is 3.60. The molecule has 2 unspecified atom stereocenters. The summed E-state index contributed by atoms with van der Waals surface area (Å²) in [6, 6.07) is 5.84. The Morgan fingerprint density at radius 1 is 1.33 bits per heavy atom. The van der Waals surface area contributed by atoms with Crippen LogP contribution >= 0.6 is 0 Å². The molecule has 2 fully saturated rings. The first-order valence-electron chi connectivity index (χ1n) is 7.30. The predicted molar refractivity (Wildman–Crippen MR) is 75.7 cm³/mol. The van der Waals surface area contributed by atoms with Gasteiger partial charge in [-0.1, -0.05) is 18.2 Å². The number of rotatable bonds is 3. The van der Waals surface area contributed by atoms with Crippen molar-refractivity contribution in [2.45, 2.75) is 44.8 Å². The fraction of sp³-hybridized carbons (Fsp3) is 0.500. The minimum atomic E-state index is -0.869. The first-order valence-corrected chi connectivity index (χ1v) is 7.30. The summed E-state index contributed by atoms with van der Waals surface area (Å²) in [7, 11) is 0. The summed E-state index contributed by atoms with van der Waals surface area (Å²) >= 11 is 0. The van der Waals surface area contributed by atoms with E-state index in [-0.39, 0.29) is 30.1 Å². The van der Waals surface area contributed by atoms with Gasteiger partial charge in [-0.2, -0.15) is 0 Å². The van der Waals surface area contributed by atoms with Gasteiger partial charge in [0.25, 0.3) is 0 Å². The maximum Gasteiger partial charge on any atom is 0.246 e. The molecule has 2 atom stereocenters. The quantitative estimate of drug-likeness (QED) is 0.923. The zero-order valence-corrected chi connectivity index (χ0v) is 12.2. The van der Waals surface area contributed by atoms with Crippen molar-refractivity contribution in [2.24, 2.45) is 5.92 Å². The Bertz CT molecular complexity index is 600. The molecule has 1 heterocycles. The highest BCUT2D eigenvalue weighted by Crippen LogP contribution is 2.45. The molecule has 0 radical (unpaired) electrons. The number of carbonyl (C=O) groups excluding carboxylic acids is 2. The van der Waals surface area contributed by atoms with Crippen molar-refractivity contribution >= 4 is 11.8 Å². The second-order valence-corrected chi connectivity index (χ2v) is 6.13. The Labute approximate surface area is 123 Å². The van der Waals surface area contributed by atoms with E-state index in [1.54, 1.807) is 36.9 Å². The van der Waals surface area contributed by atoms with Crippen LogP contribution in [0.15, 0.2) is 24.3 Å². The lowest BCUT2D eigenvalue weighted by atomic mass is 9.88. The molecule has 4 nitrogen and oxygen atoms in total. The molecule has 5 heteroatoms. The van der Waals surface area contributed by atoms with E-state index in [0.29, 0.717) is 5.56 Å². The molecular formula is C16H19FN2O2. The number of hydrogen-bond donors (Lipinski definition) is 1. The molecule has 1 N–H and O–H groups in total. The molecule has 1 saturated heterocycles. The van der Waals surface area contributed by atoms with Crippen molar-refractivity contribution in [3.63, 3.8) is 0 Å². The largest absolute Gasteiger partial charge is 0.343 e. The molecule has 2 aliphatic rings. The maximum atomic E-state index is 13.9. The normalized spacial score (nSPS) is 29.5. The van der Waals surface area contributed by atoms with Crippen LogP contribution < -0.4 is 5.32 Å². The molecular weight excluding hydrogens is 271 g/mol. The van der Waals surface area contributed by atoms with Crippen LogP contribution in [0.4, 0.5) is 4.39 Å². The molecule has 0 aromatic heterocycles. The lowest BCUT2D eigenvalue weighted by molar-refractivity contribution is -0.158. The van der Waals surface area contributed by atoms with Gasteiger partial charge < -0.3 is 10.2 Å². The molecule has 1 aromatic carbocycles. The van der Waals surface area contributed by atoms with Crippen LogP contribution in [0.3, 0.4) is 0 Å². The van der Waals surface area contributed by atoms with Gasteiger partial charge in [-0.15, -0.1) is 0 Å². The van der Waals surface area contributed by atoms with Crippen molar-refractivity contribution < 1.29 is 14.0 Å². The molecule has 3 rings (SSSR count). The lowest BCUT2D eigenvalue weighted by Crippen LogP contribution is -2.69. The van der Waals surface area contributed by atoms with Crippen molar-refractivity contribution in [1.29, 1.82) is 0 Å². The van der Waals surface area contributed by atoms with E-state index < -0.39 is 11.6 Å². The summed E-state index contributed by atoms with van der Waals surface area (Å²) < 4.78 is 13.9. The lowest BCUT2D eigenvalue weighted by Gasteiger charge is -2.46. The van der Waals surface area contributed by atoms with Crippen LogP contribution in [0.2, 0.25) is 0 Å². The van der Waals surface area contributed by atoms with Crippen molar-refractivity contribution in [1.82, 2.24) is 10.2 Å². The van der Waals surface area contributed by atoms with Crippen LogP contribution in [0, 0.1) is 11.7 Å². The monoisotopic (exact) mass is 290 g/mol. The third-order valence-corrected chi connectivity index (χ3v) is 4.66. The fourth-order valence-corrected chi connectivity index (χ4v) is 3.08. The number of halogens is 1. The standard InChI is InChI=1S/C16H19FN2O2/c1-10-14(20)19(9-11-5-3-4-6-13(11)17)16(2,12-7-8-12)15(21)18-10/h3-6,10,12H,7-9H2,1-2H3,(H,18,21). The van der Waals surface area contributed by atoms with E-state index in [4.69, 9.17) is 0 Å². The average Bonchev–Trinajstić information content (AvgIpc) is 3.28. The number of piperazine rings is 1. The van der Waals surface area contributed by atoms with E-state index in [1.807, 2.05) is 0 Å². The zero-order chi connectivity index (χ0) is 15.2. The van der Waals surface area contributed by atoms with Crippen LogP contribution in [0.5, 0.6) is 0 Å². The highest BCUT2D eigenvalue weighted by atomic mass is 19.1. The number of carbonyl (C=O) groups is 2. The van der Waals surface area contributed by atoms with Crippen molar-refractivity contribution in [3.8, 4) is 0 Å². The van der Waals surface area contributed by atoms with Gasteiger partial charge in [-0.3, -0.25) is 9.59 Å².